The Morgan fingerprint density at radius 3 is 2.61 bits per heavy atom. The van der Waals surface area contributed by atoms with E-state index in [4.69, 9.17) is 0 Å². The molecule has 0 saturated heterocycles. The lowest BCUT2D eigenvalue weighted by molar-refractivity contribution is -0.135. The summed E-state index contributed by atoms with van der Waals surface area (Å²) in [4.78, 5) is 0. The smallest absolute Gasteiger partial charge is 0.308 e. The first-order valence-corrected chi connectivity index (χ1v) is 5.93. The van der Waals surface area contributed by atoms with Gasteiger partial charge >= 0.3 is 6.18 Å². The van der Waals surface area contributed by atoms with Crippen LogP contribution >= 0.6 is 0 Å². The van der Waals surface area contributed by atoms with Crippen molar-refractivity contribution in [1.82, 2.24) is 25.5 Å². The van der Waals surface area contributed by atoms with Crippen molar-refractivity contribution in [1.29, 1.82) is 0 Å². The lowest BCUT2D eigenvalue weighted by Crippen LogP contribution is -2.24. The minimum atomic E-state index is -4.08. The summed E-state index contributed by atoms with van der Waals surface area (Å²) in [6.45, 7) is 4.93. The first kappa shape index (κ1) is 14.9. The molecule has 5 nitrogen and oxygen atoms in total. The Kier molecular flexibility index (Phi) is 5.52. The van der Waals surface area contributed by atoms with Crippen LogP contribution in [0, 0.1) is 0 Å². The van der Waals surface area contributed by atoms with Gasteiger partial charge in [0.25, 0.3) is 0 Å². The number of aryl methyl sites for hydroxylation is 1. The number of halogens is 3. The van der Waals surface area contributed by atoms with E-state index in [0.717, 1.165) is 0 Å². The SMILES string of the molecule is CC(C)NCc1nnnn1CCCCC(F)(F)F. The molecule has 0 atom stereocenters. The number of tetrazole rings is 1. The van der Waals surface area contributed by atoms with Crippen molar-refractivity contribution in [3.8, 4) is 0 Å². The van der Waals surface area contributed by atoms with Crippen LogP contribution in [0.5, 0.6) is 0 Å². The molecule has 0 saturated carbocycles. The van der Waals surface area contributed by atoms with Crippen LogP contribution in [-0.2, 0) is 13.1 Å². The molecule has 8 heteroatoms. The Morgan fingerprint density at radius 2 is 2.00 bits per heavy atom. The molecular formula is C10H18F3N5. The minimum absolute atomic E-state index is 0.0976. The number of nitrogens with zero attached hydrogens (tertiary/aromatic N) is 4. The van der Waals surface area contributed by atoms with Crippen molar-refractivity contribution in [3.05, 3.63) is 5.82 Å². The molecule has 1 aromatic rings. The summed E-state index contributed by atoms with van der Waals surface area (Å²) < 4.78 is 37.4. The third kappa shape index (κ3) is 5.95. The fraction of sp³-hybridized carbons (Fsp3) is 0.900. The van der Waals surface area contributed by atoms with Crippen molar-refractivity contribution in [2.24, 2.45) is 0 Å². The summed E-state index contributed by atoms with van der Waals surface area (Å²) in [5.74, 6) is 0.649. The Morgan fingerprint density at radius 1 is 1.28 bits per heavy atom. The van der Waals surface area contributed by atoms with Gasteiger partial charge in [-0.1, -0.05) is 13.8 Å². The Hall–Kier alpha value is -1.18. The standard InChI is InChI=1S/C10H18F3N5/c1-8(2)14-7-9-15-16-17-18(9)6-4-3-5-10(11,12)13/h8,14H,3-7H2,1-2H3. The van der Waals surface area contributed by atoms with Crippen LogP contribution in [0.4, 0.5) is 13.2 Å². The van der Waals surface area contributed by atoms with Crippen LogP contribution in [0.15, 0.2) is 0 Å². The molecule has 0 fully saturated rings. The van der Waals surface area contributed by atoms with E-state index < -0.39 is 12.6 Å². The number of hydrogen-bond acceptors (Lipinski definition) is 4. The maximum Gasteiger partial charge on any atom is 0.389 e. The second kappa shape index (κ2) is 6.67. The van der Waals surface area contributed by atoms with Crippen LogP contribution in [0.2, 0.25) is 0 Å². The normalized spacial score (nSPS) is 12.3. The Bertz CT molecular complexity index is 348. The molecule has 1 N–H and O–H groups in total. The van der Waals surface area contributed by atoms with Crippen LogP contribution < -0.4 is 5.32 Å². The predicted octanol–water partition coefficient (Wildman–Crippen LogP) is 1.90. The third-order valence-electron chi connectivity index (χ3n) is 2.35. The lowest BCUT2D eigenvalue weighted by atomic mass is 10.2. The van der Waals surface area contributed by atoms with Gasteiger partial charge in [-0.25, -0.2) is 4.68 Å². The zero-order valence-corrected chi connectivity index (χ0v) is 10.5. The lowest BCUT2D eigenvalue weighted by Gasteiger charge is -2.09. The maximum absolute atomic E-state index is 12.0. The minimum Gasteiger partial charge on any atom is -0.308 e. The van der Waals surface area contributed by atoms with E-state index in [1.165, 1.54) is 0 Å². The monoisotopic (exact) mass is 265 g/mol. The zero-order valence-electron chi connectivity index (χ0n) is 10.5. The number of unbranched alkanes of at least 4 members (excludes halogenated alkanes) is 1. The molecule has 0 aliphatic rings. The van der Waals surface area contributed by atoms with Gasteiger partial charge in [0, 0.05) is 19.0 Å². The van der Waals surface area contributed by atoms with E-state index in [-0.39, 0.29) is 6.42 Å². The largest absolute Gasteiger partial charge is 0.389 e. The Labute approximate surface area is 104 Å². The summed E-state index contributed by atoms with van der Waals surface area (Å²) in [5, 5.41) is 14.3. The number of rotatable bonds is 7. The van der Waals surface area contributed by atoms with Crippen molar-refractivity contribution >= 4 is 0 Å². The summed E-state index contributed by atoms with van der Waals surface area (Å²) in [7, 11) is 0. The molecule has 104 valence electrons. The van der Waals surface area contributed by atoms with Gasteiger partial charge in [0.05, 0.1) is 6.54 Å². The summed E-state index contributed by atoms with van der Waals surface area (Å²) >= 11 is 0. The van der Waals surface area contributed by atoms with E-state index in [2.05, 4.69) is 20.8 Å². The molecule has 1 heterocycles. The average Bonchev–Trinajstić information content (AvgIpc) is 2.67. The molecule has 0 aliphatic heterocycles. The van der Waals surface area contributed by atoms with Crippen LogP contribution in [0.25, 0.3) is 0 Å². The van der Waals surface area contributed by atoms with Gasteiger partial charge in [-0.15, -0.1) is 5.10 Å². The summed E-state index contributed by atoms with van der Waals surface area (Å²) in [5.41, 5.74) is 0. The van der Waals surface area contributed by atoms with Gasteiger partial charge in [0.15, 0.2) is 5.82 Å². The van der Waals surface area contributed by atoms with E-state index in [0.29, 0.717) is 31.4 Å². The number of nitrogens with one attached hydrogen (secondary N) is 1. The molecule has 1 aromatic heterocycles. The highest BCUT2D eigenvalue weighted by Crippen LogP contribution is 2.22. The van der Waals surface area contributed by atoms with Gasteiger partial charge in [0.2, 0.25) is 0 Å². The second-order valence-corrected chi connectivity index (χ2v) is 4.43. The fourth-order valence-corrected chi connectivity index (χ4v) is 1.41. The molecular weight excluding hydrogens is 247 g/mol. The van der Waals surface area contributed by atoms with Crippen LogP contribution in [0.1, 0.15) is 38.9 Å². The highest BCUT2D eigenvalue weighted by molar-refractivity contribution is 4.80. The molecule has 0 amide bonds. The van der Waals surface area contributed by atoms with Gasteiger partial charge in [0.1, 0.15) is 0 Å². The molecule has 1 rings (SSSR count). The molecule has 0 aromatic carbocycles. The highest BCUT2D eigenvalue weighted by Gasteiger charge is 2.25. The van der Waals surface area contributed by atoms with Crippen molar-refractivity contribution in [3.63, 3.8) is 0 Å². The van der Waals surface area contributed by atoms with Crippen molar-refractivity contribution < 1.29 is 13.2 Å². The van der Waals surface area contributed by atoms with Crippen LogP contribution in [0.3, 0.4) is 0 Å². The predicted molar refractivity (Wildman–Crippen MR) is 59.7 cm³/mol. The molecule has 0 spiro atoms. The molecule has 0 radical (unpaired) electrons. The fourth-order valence-electron chi connectivity index (χ4n) is 1.41. The summed E-state index contributed by atoms with van der Waals surface area (Å²) in [6, 6.07) is 0.306. The van der Waals surface area contributed by atoms with E-state index in [1.807, 2.05) is 13.8 Å². The van der Waals surface area contributed by atoms with Gasteiger partial charge in [-0.3, -0.25) is 0 Å². The first-order valence-electron chi connectivity index (χ1n) is 5.93. The van der Waals surface area contributed by atoms with Crippen LogP contribution in [-0.4, -0.2) is 32.4 Å². The molecule has 0 aliphatic carbocycles. The third-order valence-corrected chi connectivity index (χ3v) is 2.35. The van der Waals surface area contributed by atoms with E-state index >= 15 is 0 Å². The first-order chi connectivity index (χ1) is 8.38. The second-order valence-electron chi connectivity index (χ2n) is 4.43. The molecule has 0 unspecified atom stereocenters. The molecule has 18 heavy (non-hydrogen) atoms. The number of aromatic nitrogens is 4. The van der Waals surface area contributed by atoms with E-state index in [9.17, 15) is 13.2 Å². The van der Waals surface area contributed by atoms with Gasteiger partial charge < -0.3 is 5.32 Å². The summed E-state index contributed by atoms with van der Waals surface area (Å²) in [6.07, 6.45) is -4.32. The van der Waals surface area contributed by atoms with Gasteiger partial charge in [-0.05, 0) is 23.3 Å². The quantitative estimate of drug-likeness (QED) is 0.765. The van der Waals surface area contributed by atoms with Gasteiger partial charge in [-0.2, -0.15) is 13.2 Å². The number of alkyl halides is 3. The van der Waals surface area contributed by atoms with Crippen molar-refractivity contribution in [2.45, 2.75) is 58.4 Å². The zero-order chi connectivity index (χ0) is 13.6. The van der Waals surface area contributed by atoms with E-state index in [1.54, 1.807) is 4.68 Å². The van der Waals surface area contributed by atoms with Crippen molar-refractivity contribution in [2.75, 3.05) is 0 Å². The maximum atomic E-state index is 12.0. The topological polar surface area (TPSA) is 55.6 Å². The Balaban J connectivity index is 2.32. The highest BCUT2D eigenvalue weighted by atomic mass is 19.4. The molecule has 0 bridgehead atoms. The average molecular weight is 265 g/mol. The number of hydrogen-bond donors (Lipinski definition) is 1.